The molecule has 84 valence electrons. The normalized spacial score (nSPS) is 10.7. The summed E-state index contributed by atoms with van der Waals surface area (Å²) in [6, 6.07) is 9.85. The maximum Gasteiger partial charge on any atom is 0.119 e. The fourth-order valence-electron chi connectivity index (χ4n) is 1.38. The first-order valence-corrected chi connectivity index (χ1v) is 5.48. The summed E-state index contributed by atoms with van der Waals surface area (Å²) in [5.74, 6) is 1.45. The minimum absolute atomic E-state index is 0.547. The molecule has 1 aromatic carbocycles. The Balaban J connectivity index is 2.05. The summed E-state index contributed by atoms with van der Waals surface area (Å²) in [4.78, 5) is 0. The highest BCUT2D eigenvalue weighted by Crippen LogP contribution is 2.15. The van der Waals surface area contributed by atoms with Crippen LogP contribution in [-0.2, 0) is 0 Å². The second-order valence-electron chi connectivity index (χ2n) is 4.15. The molecule has 0 atom stereocenters. The van der Waals surface area contributed by atoms with E-state index in [-0.39, 0.29) is 0 Å². The molecule has 0 bridgehead atoms. The highest BCUT2D eigenvalue weighted by Gasteiger charge is 1.99. The SMILES string of the molecule is CC(C)COc1ccc(-n2cccn2)cc1. The quantitative estimate of drug-likeness (QED) is 0.785. The molecule has 1 heterocycles. The van der Waals surface area contributed by atoms with Crippen LogP contribution in [-0.4, -0.2) is 16.4 Å². The Morgan fingerprint density at radius 3 is 2.56 bits per heavy atom. The van der Waals surface area contributed by atoms with Crippen molar-refractivity contribution in [3.05, 3.63) is 42.7 Å². The van der Waals surface area contributed by atoms with Gasteiger partial charge in [0.2, 0.25) is 0 Å². The Hall–Kier alpha value is -1.77. The minimum Gasteiger partial charge on any atom is -0.493 e. The molecule has 0 aliphatic heterocycles. The van der Waals surface area contributed by atoms with Gasteiger partial charge in [-0.05, 0) is 36.2 Å². The molecule has 1 aromatic heterocycles. The van der Waals surface area contributed by atoms with E-state index >= 15 is 0 Å². The molecule has 0 N–H and O–H groups in total. The Morgan fingerprint density at radius 2 is 2.00 bits per heavy atom. The smallest absolute Gasteiger partial charge is 0.119 e. The summed E-state index contributed by atoms with van der Waals surface area (Å²) in [7, 11) is 0. The number of benzene rings is 1. The average Bonchev–Trinajstić information content (AvgIpc) is 2.80. The lowest BCUT2D eigenvalue weighted by atomic mass is 10.2. The van der Waals surface area contributed by atoms with Crippen molar-refractivity contribution in [1.82, 2.24) is 9.78 Å². The number of hydrogen-bond donors (Lipinski definition) is 0. The molecule has 0 saturated carbocycles. The van der Waals surface area contributed by atoms with Crippen LogP contribution in [0.2, 0.25) is 0 Å². The maximum atomic E-state index is 5.61. The van der Waals surface area contributed by atoms with Crippen LogP contribution in [0.25, 0.3) is 5.69 Å². The van der Waals surface area contributed by atoms with Gasteiger partial charge in [0, 0.05) is 12.4 Å². The highest BCUT2D eigenvalue weighted by atomic mass is 16.5. The predicted octanol–water partition coefficient (Wildman–Crippen LogP) is 2.91. The van der Waals surface area contributed by atoms with Crippen LogP contribution < -0.4 is 4.74 Å². The Bertz CT molecular complexity index is 418. The van der Waals surface area contributed by atoms with Gasteiger partial charge in [0.25, 0.3) is 0 Å². The van der Waals surface area contributed by atoms with Crippen LogP contribution in [0.5, 0.6) is 5.75 Å². The van der Waals surface area contributed by atoms with E-state index in [1.54, 1.807) is 6.20 Å². The molecular weight excluding hydrogens is 200 g/mol. The Morgan fingerprint density at radius 1 is 1.25 bits per heavy atom. The Labute approximate surface area is 95.7 Å². The second kappa shape index (κ2) is 4.84. The molecule has 3 heteroatoms. The molecule has 0 aliphatic rings. The Kier molecular flexibility index (Phi) is 3.25. The lowest BCUT2D eigenvalue weighted by molar-refractivity contribution is 0.271. The summed E-state index contributed by atoms with van der Waals surface area (Å²) < 4.78 is 7.44. The van der Waals surface area contributed by atoms with Crippen LogP contribution >= 0.6 is 0 Å². The largest absolute Gasteiger partial charge is 0.493 e. The monoisotopic (exact) mass is 216 g/mol. The molecule has 16 heavy (non-hydrogen) atoms. The standard InChI is InChI=1S/C13H16N2O/c1-11(2)10-16-13-6-4-12(5-7-13)15-9-3-8-14-15/h3-9,11H,10H2,1-2H3. The molecular formula is C13H16N2O. The molecule has 0 amide bonds. The second-order valence-corrected chi connectivity index (χ2v) is 4.15. The fourth-order valence-corrected chi connectivity index (χ4v) is 1.38. The third kappa shape index (κ3) is 2.63. The lowest BCUT2D eigenvalue weighted by Gasteiger charge is -2.09. The first-order chi connectivity index (χ1) is 7.75. The van der Waals surface area contributed by atoms with Crippen molar-refractivity contribution in [1.29, 1.82) is 0 Å². The van der Waals surface area contributed by atoms with Crippen LogP contribution in [0.4, 0.5) is 0 Å². The molecule has 0 unspecified atom stereocenters. The number of ether oxygens (including phenoxy) is 1. The predicted molar refractivity (Wildman–Crippen MR) is 63.9 cm³/mol. The minimum atomic E-state index is 0.547. The van der Waals surface area contributed by atoms with Crippen molar-refractivity contribution in [3.63, 3.8) is 0 Å². The van der Waals surface area contributed by atoms with Crippen molar-refractivity contribution >= 4 is 0 Å². The summed E-state index contributed by atoms with van der Waals surface area (Å²) in [6.45, 7) is 5.03. The van der Waals surface area contributed by atoms with Crippen LogP contribution in [0.3, 0.4) is 0 Å². The van der Waals surface area contributed by atoms with Gasteiger partial charge in [-0.25, -0.2) is 4.68 Å². The van der Waals surface area contributed by atoms with Crippen LogP contribution in [0.1, 0.15) is 13.8 Å². The third-order valence-corrected chi connectivity index (χ3v) is 2.19. The van der Waals surface area contributed by atoms with Gasteiger partial charge in [-0.3, -0.25) is 0 Å². The fraction of sp³-hybridized carbons (Fsp3) is 0.308. The zero-order chi connectivity index (χ0) is 11.4. The van der Waals surface area contributed by atoms with E-state index in [0.29, 0.717) is 5.92 Å². The van der Waals surface area contributed by atoms with Crippen molar-refractivity contribution in [2.75, 3.05) is 6.61 Å². The molecule has 0 radical (unpaired) electrons. The van der Waals surface area contributed by atoms with Gasteiger partial charge in [0.1, 0.15) is 5.75 Å². The van der Waals surface area contributed by atoms with Crippen molar-refractivity contribution in [3.8, 4) is 11.4 Å². The summed E-state index contributed by atoms with van der Waals surface area (Å²) in [6.07, 6.45) is 3.69. The molecule has 0 spiro atoms. The van der Waals surface area contributed by atoms with Gasteiger partial charge in [-0.1, -0.05) is 13.8 Å². The van der Waals surface area contributed by atoms with E-state index in [2.05, 4.69) is 18.9 Å². The summed E-state index contributed by atoms with van der Waals surface area (Å²) >= 11 is 0. The van der Waals surface area contributed by atoms with Gasteiger partial charge in [0.15, 0.2) is 0 Å². The number of nitrogens with zero attached hydrogens (tertiary/aromatic N) is 2. The van der Waals surface area contributed by atoms with Crippen LogP contribution in [0, 0.1) is 5.92 Å². The third-order valence-electron chi connectivity index (χ3n) is 2.19. The van der Waals surface area contributed by atoms with Gasteiger partial charge in [-0.15, -0.1) is 0 Å². The van der Waals surface area contributed by atoms with Gasteiger partial charge in [0.05, 0.1) is 12.3 Å². The van der Waals surface area contributed by atoms with Gasteiger partial charge >= 0.3 is 0 Å². The molecule has 3 nitrogen and oxygen atoms in total. The number of rotatable bonds is 4. The van der Waals surface area contributed by atoms with Crippen molar-refractivity contribution in [2.45, 2.75) is 13.8 Å². The van der Waals surface area contributed by atoms with E-state index in [1.165, 1.54) is 0 Å². The number of aromatic nitrogens is 2. The molecule has 0 aliphatic carbocycles. The summed E-state index contributed by atoms with van der Waals surface area (Å²) in [5.41, 5.74) is 1.04. The maximum absolute atomic E-state index is 5.61. The molecule has 2 rings (SSSR count). The topological polar surface area (TPSA) is 27.1 Å². The summed E-state index contributed by atoms with van der Waals surface area (Å²) in [5, 5.41) is 4.17. The average molecular weight is 216 g/mol. The van der Waals surface area contributed by atoms with Gasteiger partial charge < -0.3 is 4.74 Å². The zero-order valence-electron chi connectivity index (χ0n) is 9.63. The van der Waals surface area contributed by atoms with E-state index in [4.69, 9.17) is 4.74 Å². The van der Waals surface area contributed by atoms with Crippen molar-refractivity contribution < 1.29 is 4.74 Å². The first kappa shape index (κ1) is 10.7. The van der Waals surface area contributed by atoms with Gasteiger partial charge in [-0.2, -0.15) is 5.10 Å². The van der Waals surface area contributed by atoms with E-state index in [1.807, 2.05) is 41.2 Å². The first-order valence-electron chi connectivity index (χ1n) is 5.48. The van der Waals surface area contributed by atoms with E-state index in [0.717, 1.165) is 18.0 Å². The molecule has 2 aromatic rings. The van der Waals surface area contributed by atoms with E-state index < -0.39 is 0 Å². The van der Waals surface area contributed by atoms with E-state index in [9.17, 15) is 0 Å². The molecule has 0 fully saturated rings. The molecule has 0 saturated heterocycles. The van der Waals surface area contributed by atoms with Crippen LogP contribution in [0.15, 0.2) is 42.7 Å². The highest BCUT2D eigenvalue weighted by molar-refractivity contribution is 5.36. The van der Waals surface area contributed by atoms with Crippen molar-refractivity contribution in [2.24, 2.45) is 5.92 Å². The zero-order valence-corrected chi connectivity index (χ0v) is 9.63. The lowest BCUT2D eigenvalue weighted by Crippen LogP contribution is -2.04. The number of hydrogen-bond acceptors (Lipinski definition) is 2.